The number of hydrogen-bond donors (Lipinski definition) is 2. The summed E-state index contributed by atoms with van der Waals surface area (Å²) in [5.74, 6) is 0.0292. The molecule has 16 heavy (non-hydrogen) atoms. The average Bonchev–Trinajstić information content (AvgIpc) is 2.12. The number of hydrogen-bond acceptors (Lipinski definition) is 2. The topological polar surface area (TPSA) is 55.1 Å². The summed E-state index contributed by atoms with van der Waals surface area (Å²) >= 11 is 0. The molecule has 0 atom stereocenters. The first-order valence-corrected chi connectivity index (χ1v) is 6.01. The van der Waals surface area contributed by atoms with Crippen LogP contribution in [-0.4, -0.2) is 18.0 Å². The van der Waals surface area contributed by atoms with E-state index in [0.29, 0.717) is 6.54 Å². The number of carbonyl (C=O) groups is 1. The van der Waals surface area contributed by atoms with Crippen molar-refractivity contribution >= 4 is 5.91 Å². The minimum absolute atomic E-state index is 0.0292. The van der Waals surface area contributed by atoms with E-state index in [1.54, 1.807) is 0 Å². The maximum absolute atomic E-state index is 12.1. The molecule has 0 heterocycles. The van der Waals surface area contributed by atoms with Gasteiger partial charge in [-0.1, -0.05) is 20.8 Å². The molecular formula is C13H28N2O. The van der Waals surface area contributed by atoms with Crippen LogP contribution >= 0.6 is 0 Å². The highest BCUT2D eigenvalue weighted by Crippen LogP contribution is 2.28. The molecule has 0 radical (unpaired) electrons. The third-order valence-electron chi connectivity index (χ3n) is 3.86. The molecule has 3 heteroatoms. The summed E-state index contributed by atoms with van der Waals surface area (Å²) in [7, 11) is 0. The van der Waals surface area contributed by atoms with E-state index >= 15 is 0 Å². The lowest BCUT2D eigenvalue weighted by Crippen LogP contribution is -2.56. The number of nitrogens with two attached hydrogens (primary N) is 1. The first kappa shape index (κ1) is 15.4. The van der Waals surface area contributed by atoms with Crippen molar-refractivity contribution in [3.63, 3.8) is 0 Å². The van der Waals surface area contributed by atoms with Gasteiger partial charge in [0.1, 0.15) is 0 Å². The molecule has 0 saturated carbocycles. The Hall–Kier alpha value is -0.570. The molecule has 0 unspecified atom stereocenters. The van der Waals surface area contributed by atoms with Crippen molar-refractivity contribution in [1.82, 2.24) is 5.32 Å². The lowest BCUT2D eigenvalue weighted by molar-refractivity contribution is -0.132. The minimum Gasteiger partial charge on any atom is -0.355 e. The smallest absolute Gasteiger partial charge is 0.227 e. The summed E-state index contributed by atoms with van der Waals surface area (Å²) in [5, 5.41) is 3.00. The van der Waals surface area contributed by atoms with Gasteiger partial charge in [0, 0.05) is 12.1 Å². The molecule has 0 bridgehead atoms. The summed E-state index contributed by atoms with van der Waals surface area (Å²) in [4.78, 5) is 12.1. The second-order valence-corrected chi connectivity index (χ2v) is 6.55. The molecule has 0 aromatic heterocycles. The van der Waals surface area contributed by atoms with Crippen LogP contribution in [0.5, 0.6) is 0 Å². The van der Waals surface area contributed by atoms with Gasteiger partial charge in [-0.3, -0.25) is 4.79 Å². The second kappa shape index (κ2) is 4.74. The number of carbonyl (C=O) groups excluding carboxylic acids is 1. The Kier molecular flexibility index (Phi) is 4.57. The third-order valence-corrected chi connectivity index (χ3v) is 3.86. The van der Waals surface area contributed by atoms with Gasteiger partial charge < -0.3 is 11.1 Å². The number of amides is 1. The van der Waals surface area contributed by atoms with Gasteiger partial charge in [0.2, 0.25) is 5.91 Å². The zero-order chi connectivity index (χ0) is 13.2. The molecule has 3 nitrogen and oxygen atoms in total. The van der Waals surface area contributed by atoms with E-state index in [0.717, 1.165) is 6.42 Å². The first-order chi connectivity index (χ1) is 6.94. The Morgan fingerprint density at radius 1 is 1.12 bits per heavy atom. The van der Waals surface area contributed by atoms with Crippen LogP contribution in [-0.2, 0) is 4.79 Å². The molecule has 0 saturated heterocycles. The van der Waals surface area contributed by atoms with Crippen LogP contribution in [0.1, 0.15) is 54.9 Å². The van der Waals surface area contributed by atoms with Crippen LogP contribution in [0.15, 0.2) is 0 Å². The summed E-state index contributed by atoms with van der Waals surface area (Å²) < 4.78 is 0. The van der Waals surface area contributed by atoms with E-state index in [4.69, 9.17) is 5.73 Å². The Morgan fingerprint density at radius 2 is 1.56 bits per heavy atom. The summed E-state index contributed by atoms with van der Waals surface area (Å²) in [6.07, 6.45) is 1.04. The van der Waals surface area contributed by atoms with Crippen molar-refractivity contribution in [2.45, 2.75) is 60.4 Å². The highest BCUT2D eigenvalue weighted by molar-refractivity contribution is 5.83. The van der Waals surface area contributed by atoms with Crippen molar-refractivity contribution in [3.8, 4) is 0 Å². The Morgan fingerprint density at radius 3 is 1.88 bits per heavy atom. The van der Waals surface area contributed by atoms with Gasteiger partial charge in [-0.2, -0.15) is 0 Å². The molecular weight excluding hydrogens is 200 g/mol. The van der Waals surface area contributed by atoms with Crippen molar-refractivity contribution < 1.29 is 4.79 Å². The SMILES string of the molecule is CCC(C)(C)CNC(=O)C(C)(C)C(C)(C)N. The zero-order valence-corrected chi connectivity index (χ0v) is 11.9. The highest BCUT2D eigenvalue weighted by atomic mass is 16.2. The van der Waals surface area contributed by atoms with Crippen LogP contribution < -0.4 is 11.1 Å². The second-order valence-electron chi connectivity index (χ2n) is 6.55. The van der Waals surface area contributed by atoms with Crippen molar-refractivity contribution in [2.75, 3.05) is 6.54 Å². The third kappa shape index (κ3) is 3.78. The predicted molar refractivity (Wildman–Crippen MR) is 69.1 cm³/mol. The standard InChI is InChI=1S/C13H28N2O/c1-8-11(2,3)9-15-10(16)12(4,5)13(6,7)14/h8-9,14H2,1-7H3,(H,15,16). The molecule has 0 aliphatic carbocycles. The van der Waals surface area contributed by atoms with Gasteiger partial charge >= 0.3 is 0 Å². The van der Waals surface area contributed by atoms with Crippen LogP contribution in [0.2, 0.25) is 0 Å². The maximum Gasteiger partial charge on any atom is 0.227 e. The number of rotatable bonds is 5. The zero-order valence-electron chi connectivity index (χ0n) is 11.9. The quantitative estimate of drug-likeness (QED) is 0.758. The highest BCUT2D eigenvalue weighted by Gasteiger charge is 2.40. The van der Waals surface area contributed by atoms with Crippen LogP contribution in [0.4, 0.5) is 0 Å². The summed E-state index contributed by atoms with van der Waals surface area (Å²) in [6.45, 7) is 14.7. The molecule has 0 fully saturated rings. The van der Waals surface area contributed by atoms with Gasteiger partial charge in [-0.15, -0.1) is 0 Å². The van der Waals surface area contributed by atoms with Crippen LogP contribution in [0, 0.1) is 10.8 Å². The number of nitrogens with one attached hydrogen (secondary N) is 1. The molecule has 96 valence electrons. The lowest BCUT2D eigenvalue weighted by atomic mass is 9.74. The van der Waals surface area contributed by atoms with E-state index in [9.17, 15) is 4.79 Å². The predicted octanol–water partition coefficient (Wildman–Crippen LogP) is 2.30. The monoisotopic (exact) mass is 228 g/mol. The van der Waals surface area contributed by atoms with Crippen LogP contribution in [0.3, 0.4) is 0 Å². The van der Waals surface area contributed by atoms with Crippen molar-refractivity contribution in [2.24, 2.45) is 16.6 Å². The van der Waals surface area contributed by atoms with Gasteiger partial charge in [0.25, 0.3) is 0 Å². The maximum atomic E-state index is 12.1. The van der Waals surface area contributed by atoms with Gasteiger partial charge in [-0.05, 0) is 39.5 Å². The van der Waals surface area contributed by atoms with E-state index < -0.39 is 11.0 Å². The van der Waals surface area contributed by atoms with Crippen molar-refractivity contribution in [1.29, 1.82) is 0 Å². The molecule has 0 spiro atoms. The van der Waals surface area contributed by atoms with Crippen molar-refractivity contribution in [3.05, 3.63) is 0 Å². The Labute approximate surface area is 100 Å². The largest absolute Gasteiger partial charge is 0.355 e. The van der Waals surface area contributed by atoms with E-state index in [1.807, 2.05) is 27.7 Å². The molecule has 0 aromatic rings. The van der Waals surface area contributed by atoms with E-state index in [-0.39, 0.29) is 11.3 Å². The Balaban J connectivity index is 4.50. The normalized spacial score (nSPS) is 13.8. The van der Waals surface area contributed by atoms with Crippen LogP contribution in [0.25, 0.3) is 0 Å². The molecule has 0 aliphatic rings. The fourth-order valence-electron chi connectivity index (χ4n) is 0.958. The summed E-state index contributed by atoms with van der Waals surface area (Å²) in [6, 6.07) is 0. The molecule has 3 N–H and O–H groups in total. The summed E-state index contributed by atoms with van der Waals surface area (Å²) in [5.41, 5.74) is 5.09. The lowest BCUT2D eigenvalue weighted by Gasteiger charge is -2.37. The fraction of sp³-hybridized carbons (Fsp3) is 0.923. The fourth-order valence-corrected chi connectivity index (χ4v) is 0.958. The van der Waals surface area contributed by atoms with E-state index in [2.05, 4.69) is 26.1 Å². The average molecular weight is 228 g/mol. The molecule has 0 aromatic carbocycles. The van der Waals surface area contributed by atoms with Gasteiger partial charge in [-0.25, -0.2) is 0 Å². The molecule has 0 rings (SSSR count). The minimum atomic E-state index is -0.559. The van der Waals surface area contributed by atoms with Gasteiger partial charge in [0.15, 0.2) is 0 Å². The Bertz CT molecular complexity index is 249. The van der Waals surface area contributed by atoms with Gasteiger partial charge in [0.05, 0.1) is 5.41 Å². The first-order valence-electron chi connectivity index (χ1n) is 6.01. The molecule has 1 amide bonds. The molecule has 0 aliphatic heterocycles. The van der Waals surface area contributed by atoms with E-state index in [1.165, 1.54) is 0 Å².